The van der Waals surface area contributed by atoms with E-state index in [2.05, 4.69) is 15.0 Å². The molecule has 1 aromatic carbocycles. The first-order valence-electron chi connectivity index (χ1n) is 4.93. The Morgan fingerprint density at radius 2 is 1.95 bits per heavy atom. The molecule has 11 heteroatoms. The van der Waals surface area contributed by atoms with Crippen LogP contribution in [0.2, 0.25) is 0 Å². The van der Waals surface area contributed by atoms with Gasteiger partial charge in [0.15, 0.2) is 5.96 Å². The van der Waals surface area contributed by atoms with E-state index in [1.54, 1.807) is 0 Å². The lowest BCUT2D eigenvalue weighted by Gasteiger charge is -2.02. The average molecular weight is 319 g/mol. The summed E-state index contributed by atoms with van der Waals surface area (Å²) in [5.41, 5.74) is 10.7. The maximum absolute atomic E-state index is 11.8. The molecule has 7 N–H and O–H groups in total. The Hall–Kier alpha value is -2.17. The predicted molar refractivity (Wildman–Crippen MR) is 74.9 cm³/mol. The number of amides is 1. The second kappa shape index (κ2) is 5.45. The van der Waals surface area contributed by atoms with E-state index in [4.69, 9.17) is 16.6 Å². The molecular formula is C9H11ClN6O3S. The number of H-pyrrole nitrogens is 1. The highest BCUT2D eigenvalue weighted by molar-refractivity contribution is 7.89. The summed E-state index contributed by atoms with van der Waals surface area (Å²) in [7, 11) is -3.97. The van der Waals surface area contributed by atoms with Gasteiger partial charge in [-0.1, -0.05) is 0 Å². The summed E-state index contributed by atoms with van der Waals surface area (Å²) in [5.74, 6) is -1.24. The quantitative estimate of drug-likeness (QED) is 0.410. The molecule has 2 rings (SSSR count). The van der Waals surface area contributed by atoms with E-state index in [1.165, 1.54) is 12.4 Å². The number of benzene rings is 1. The Balaban J connectivity index is 0.00000200. The zero-order chi connectivity index (χ0) is 14.2. The highest BCUT2D eigenvalue weighted by atomic mass is 35.5. The number of carbonyl (C=O) groups excluding carboxylic acids is 1. The molecule has 0 unspecified atom stereocenters. The molecule has 0 aliphatic carbocycles. The Morgan fingerprint density at radius 1 is 1.30 bits per heavy atom. The lowest BCUT2D eigenvalue weighted by atomic mass is 10.2. The molecule has 1 heterocycles. The molecule has 1 aromatic heterocycles. The zero-order valence-corrected chi connectivity index (χ0v) is 11.5. The molecule has 0 bridgehead atoms. The van der Waals surface area contributed by atoms with Gasteiger partial charge < -0.3 is 16.5 Å². The zero-order valence-electron chi connectivity index (χ0n) is 9.90. The van der Waals surface area contributed by atoms with Crippen molar-refractivity contribution in [3.63, 3.8) is 0 Å². The van der Waals surface area contributed by atoms with E-state index in [0.29, 0.717) is 5.52 Å². The van der Waals surface area contributed by atoms with E-state index >= 15 is 0 Å². The molecule has 2 aromatic rings. The van der Waals surface area contributed by atoms with Crippen molar-refractivity contribution in [2.75, 3.05) is 0 Å². The summed E-state index contributed by atoms with van der Waals surface area (Å²) in [6, 6.07) is 2.34. The molecule has 0 aliphatic rings. The van der Waals surface area contributed by atoms with E-state index in [9.17, 15) is 13.2 Å². The van der Waals surface area contributed by atoms with Crippen molar-refractivity contribution in [1.29, 1.82) is 0 Å². The first-order chi connectivity index (χ1) is 8.79. The lowest BCUT2D eigenvalue weighted by molar-refractivity contribution is 0.100. The molecule has 0 fully saturated rings. The number of sulfonamides is 1. The second-order valence-corrected chi connectivity index (χ2v) is 5.22. The van der Waals surface area contributed by atoms with Crippen LogP contribution in [-0.2, 0) is 10.0 Å². The van der Waals surface area contributed by atoms with Crippen LogP contribution < -0.4 is 16.6 Å². The van der Waals surface area contributed by atoms with Gasteiger partial charge in [0.2, 0.25) is 10.0 Å². The van der Waals surface area contributed by atoms with E-state index < -0.39 is 21.9 Å². The van der Waals surface area contributed by atoms with Crippen LogP contribution in [0.4, 0.5) is 0 Å². The fourth-order valence-electron chi connectivity index (χ4n) is 1.53. The molecule has 0 atom stereocenters. The fourth-order valence-corrected chi connectivity index (χ4v) is 2.09. The van der Waals surface area contributed by atoms with Crippen LogP contribution >= 0.6 is 12.4 Å². The largest absolute Gasteiger partial charge is 0.370 e. The van der Waals surface area contributed by atoms with Crippen LogP contribution in [0.3, 0.4) is 0 Å². The number of nitrogens with two attached hydrogens (primary N) is 3. The maximum atomic E-state index is 11.8. The Morgan fingerprint density at radius 3 is 2.50 bits per heavy atom. The van der Waals surface area contributed by atoms with Crippen LogP contribution in [0.15, 0.2) is 28.3 Å². The number of primary sulfonamides is 1. The second-order valence-electron chi connectivity index (χ2n) is 3.66. The monoisotopic (exact) mass is 318 g/mol. The minimum absolute atomic E-state index is 0. The number of fused-ring (bicyclic) bond motifs is 1. The molecule has 108 valence electrons. The van der Waals surface area contributed by atoms with Gasteiger partial charge >= 0.3 is 0 Å². The van der Waals surface area contributed by atoms with Crippen LogP contribution in [0, 0.1) is 0 Å². The number of hydrogen-bond acceptors (Lipinski definition) is 4. The van der Waals surface area contributed by atoms with Gasteiger partial charge in [-0.05, 0) is 12.1 Å². The third-order valence-electron chi connectivity index (χ3n) is 2.29. The van der Waals surface area contributed by atoms with Crippen molar-refractivity contribution in [3.8, 4) is 0 Å². The minimum Gasteiger partial charge on any atom is -0.370 e. The van der Waals surface area contributed by atoms with Gasteiger partial charge in [0.05, 0.1) is 22.3 Å². The van der Waals surface area contributed by atoms with E-state index in [1.807, 2.05) is 0 Å². The van der Waals surface area contributed by atoms with Crippen LogP contribution in [0.25, 0.3) is 11.0 Å². The summed E-state index contributed by atoms with van der Waals surface area (Å²) >= 11 is 0. The number of aliphatic imine (C=N–C) groups is 1. The van der Waals surface area contributed by atoms with Crippen molar-refractivity contribution in [2.45, 2.75) is 4.90 Å². The molecule has 0 saturated carbocycles. The topological polar surface area (TPSA) is 170 Å². The smallest absolute Gasteiger partial charge is 0.282 e. The number of halogens is 1. The number of hydrogen-bond donors (Lipinski definition) is 4. The highest BCUT2D eigenvalue weighted by Crippen LogP contribution is 2.21. The molecule has 0 aliphatic heterocycles. The van der Waals surface area contributed by atoms with Gasteiger partial charge in [0.25, 0.3) is 5.91 Å². The Bertz CT molecular complexity index is 793. The minimum atomic E-state index is -3.97. The molecule has 20 heavy (non-hydrogen) atoms. The summed E-state index contributed by atoms with van der Waals surface area (Å²) < 4.78 is 22.7. The van der Waals surface area contributed by atoms with Crippen molar-refractivity contribution in [1.82, 2.24) is 9.97 Å². The van der Waals surface area contributed by atoms with Crippen LogP contribution in [0.1, 0.15) is 10.4 Å². The van der Waals surface area contributed by atoms with Gasteiger partial charge in [0, 0.05) is 0 Å². The number of nitrogens with zero attached hydrogens (tertiary/aromatic N) is 2. The van der Waals surface area contributed by atoms with Gasteiger partial charge in [-0.15, -0.1) is 12.4 Å². The molecule has 1 amide bonds. The number of aromatic amines is 1. The van der Waals surface area contributed by atoms with Gasteiger partial charge in [-0.25, -0.2) is 18.5 Å². The molecule has 9 nitrogen and oxygen atoms in total. The highest BCUT2D eigenvalue weighted by Gasteiger charge is 2.18. The van der Waals surface area contributed by atoms with Crippen molar-refractivity contribution in [2.24, 2.45) is 21.6 Å². The molecular weight excluding hydrogens is 308 g/mol. The summed E-state index contributed by atoms with van der Waals surface area (Å²) in [4.78, 5) is 21.5. The Kier molecular flexibility index (Phi) is 4.33. The number of nitrogens with one attached hydrogen (secondary N) is 1. The van der Waals surface area contributed by atoms with E-state index in [0.717, 1.165) is 6.07 Å². The number of rotatable bonds is 2. The first-order valence-corrected chi connectivity index (χ1v) is 6.47. The standard InChI is InChI=1S/C9H10N6O3S.ClH/c10-9(11)15-8(16)5-1-4(19(12,17)18)2-6-7(5)14-3-13-6;/h1-3H,(H,13,14)(H2,12,17,18)(H4,10,11,15,16);1H. The first kappa shape index (κ1) is 15.9. The normalized spacial score (nSPS) is 10.8. The molecule has 0 saturated heterocycles. The number of carbonyl (C=O) groups is 1. The summed E-state index contributed by atoms with van der Waals surface area (Å²) in [6.45, 7) is 0. The third-order valence-corrected chi connectivity index (χ3v) is 3.18. The molecule has 0 spiro atoms. The van der Waals surface area contributed by atoms with E-state index in [-0.39, 0.29) is 28.4 Å². The fraction of sp³-hybridized carbons (Fsp3) is 0. The number of imidazole rings is 1. The van der Waals surface area contributed by atoms with Crippen LogP contribution in [0.5, 0.6) is 0 Å². The maximum Gasteiger partial charge on any atom is 0.282 e. The van der Waals surface area contributed by atoms with Gasteiger partial charge in [-0.2, -0.15) is 4.99 Å². The van der Waals surface area contributed by atoms with Crippen LogP contribution in [-0.4, -0.2) is 30.3 Å². The van der Waals surface area contributed by atoms with Gasteiger partial charge in [0.1, 0.15) is 5.52 Å². The van der Waals surface area contributed by atoms with Crippen molar-refractivity contribution >= 4 is 45.3 Å². The van der Waals surface area contributed by atoms with Crippen molar-refractivity contribution < 1.29 is 13.2 Å². The predicted octanol–water partition coefficient (Wildman–Crippen LogP) is -0.954. The molecule has 0 radical (unpaired) electrons. The summed E-state index contributed by atoms with van der Waals surface area (Å²) in [6.07, 6.45) is 1.31. The number of aromatic nitrogens is 2. The third kappa shape index (κ3) is 3.04. The van der Waals surface area contributed by atoms with Gasteiger partial charge in [-0.3, -0.25) is 4.79 Å². The lowest BCUT2D eigenvalue weighted by Crippen LogP contribution is -2.24. The average Bonchev–Trinajstić information content (AvgIpc) is 2.72. The Labute approximate surface area is 119 Å². The SMILES string of the molecule is Cl.NC(N)=NC(=O)c1cc(S(N)(=O)=O)cc2[nH]cnc12. The number of guanidine groups is 1. The van der Waals surface area contributed by atoms with Crippen molar-refractivity contribution in [3.05, 3.63) is 24.0 Å². The summed E-state index contributed by atoms with van der Waals surface area (Å²) in [5, 5.41) is 5.03.